The average Bonchev–Trinajstić information content (AvgIpc) is 3.51. The molecule has 8 aromatic rings. The van der Waals surface area contributed by atoms with Crippen molar-refractivity contribution in [3.63, 3.8) is 0 Å². The molecule has 0 aliphatic carbocycles. The Kier molecular flexibility index (Phi) is 7.40. The Morgan fingerprint density at radius 2 is 1.16 bits per heavy atom. The average molecular weight is 640 g/mol. The molecule has 236 valence electrons. The highest BCUT2D eigenvalue weighted by Gasteiger charge is 2.36. The van der Waals surface area contributed by atoms with E-state index in [0.29, 0.717) is 0 Å². The predicted octanol–water partition coefficient (Wildman–Crippen LogP) is 12.4. The van der Waals surface area contributed by atoms with Gasteiger partial charge in [-0.2, -0.15) is 4.58 Å². The SMILES string of the molecule is C/C=C\C(=C/C1=[N+](c2ccc(-c3ccccc3)cc2)c2ccccc21)c1ccc2c(c1)c1ccccc1n2-c1cccc(-c2ccccc2)c1. The molecule has 2 heterocycles. The summed E-state index contributed by atoms with van der Waals surface area (Å²) >= 11 is 0. The number of nitrogens with zero attached hydrogens (tertiary/aromatic N) is 2. The van der Waals surface area contributed by atoms with Crippen molar-refractivity contribution in [1.82, 2.24) is 9.14 Å². The Bertz CT molecular complexity index is 2620. The number of hydrogen-bond donors (Lipinski definition) is 0. The van der Waals surface area contributed by atoms with E-state index in [-0.39, 0.29) is 0 Å². The van der Waals surface area contributed by atoms with E-state index in [0.717, 1.165) is 11.4 Å². The Labute approximate surface area is 292 Å². The maximum absolute atomic E-state index is 2.40. The van der Waals surface area contributed by atoms with E-state index in [1.54, 1.807) is 0 Å². The largest absolute Gasteiger partial charge is 0.309 e. The number of fused-ring (bicyclic) bond motifs is 4. The van der Waals surface area contributed by atoms with Gasteiger partial charge >= 0.3 is 0 Å². The molecule has 1 aliphatic rings. The first kappa shape index (κ1) is 29.6. The second kappa shape index (κ2) is 12.5. The zero-order valence-electron chi connectivity index (χ0n) is 27.9. The molecular weight excluding hydrogens is 605 g/mol. The van der Waals surface area contributed by atoms with Crippen LogP contribution in [0.1, 0.15) is 18.1 Å². The first-order chi connectivity index (χ1) is 24.8. The van der Waals surface area contributed by atoms with Crippen molar-refractivity contribution in [2.75, 3.05) is 0 Å². The van der Waals surface area contributed by atoms with Gasteiger partial charge in [-0.3, -0.25) is 0 Å². The molecule has 2 heteroatoms. The van der Waals surface area contributed by atoms with Crippen molar-refractivity contribution >= 4 is 44.5 Å². The summed E-state index contributed by atoms with van der Waals surface area (Å²) in [7, 11) is 0. The summed E-state index contributed by atoms with van der Waals surface area (Å²) in [5.74, 6) is 0. The lowest BCUT2D eigenvalue weighted by Crippen LogP contribution is -2.27. The Balaban J connectivity index is 1.17. The molecule has 0 atom stereocenters. The summed E-state index contributed by atoms with van der Waals surface area (Å²) in [4.78, 5) is 0. The highest BCUT2D eigenvalue weighted by Crippen LogP contribution is 2.38. The van der Waals surface area contributed by atoms with Crippen molar-refractivity contribution in [2.24, 2.45) is 0 Å². The minimum Gasteiger partial charge on any atom is -0.309 e. The molecule has 9 rings (SSSR count). The number of allylic oxidation sites excluding steroid dienone is 4. The third-order valence-corrected chi connectivity index (χ3v) is 9.75. The summed E-state index contributed by atoms with van der Waals surface area (Å²) in [5.41, 5.74) is 15.6. The molecule has 50 heavy (non-hydrogen) atoms. The number of aromatic nitrogens is 1. The Hall–Kier alpha value is -6.51. The van der Waals surface area contributed by atoms with Crippen LogP contribution in [0, 0.1) is 0 Å². The fraction of sp³-hybridized carbons (Fsp3) is 0.0208. The van der Waals surface area contributed by atoms with Crippen LogP contribution in [-0.4, -0.2) is 10.3 Å². The Morgan fingerprint density at radius 3 is 1.94 bits per heavy atom. The highest BCUT2D eigenvalue weighted by molar-refractivity contribution is 6.23. The maximum Gasteiger partial charge on any atom is 0.226 e. The van der Waals surface area contributed by atoms with Crippen molar-refractivity contribution in [1.29, 1.82) is 0 Å². The van der Waals surface area contributed by atoms with E-state index in [9.17, 15) is 0 Å². The van der Waals surface area contributed by atoms with Crippen LogP contribution in [-0.2, 0) is 0 Å². The van der Waals surface area contributed by atoms with Gasteiger partial charge in [-0.05, 0) is 88.8 Å². The lowest BCUT2D eigenvalue weighted by Gasteiger charge is -2.18. The normalized spacial score (nSPS) is 12.9. The second-order valence-corrected chi connectivity index (χ2v) is 12.8. The first-order valence-electron chi connectivity index (χ1n) is 17.2. The fourth-order valence-corrected chi connectivity index (χ4v) is 7.38. The van der Waals surface area contributed by atoms with Crippen LogP contribution < -0.4 is 4.58 Å². The molecule has 0 fully saturated rings. The van der Waals surface area contributed by atoms with Crippen molar-refractivity contribution in [3.05, 3.63) is 205 Å². The third-order valence-electron chi connectivity index (χ3n) is 9.75. The van der Waals surface area contributed by atoms with E-state index in [4.69, 9.17) is 0 Å². The van der Waals surface area contributed by atoms with E-state index in [2.05, 4.69) is 210 Å². The monoisotopic (exact) mass is 639 g/mol. The van der Waals surface area contributed by atoms with Gasteiger partial charge in [0.1, 0.15) is 5.56 Å². The lowest BCUT2D eigenvalue weighted by atomic mass is 9.94. The molecule has 0 spiro atoms. The highest BCUT2D eigenvalue weighted by atomic mass is 15.1. The lowest BCUT2D eigenvalue weighted by molar-refractivity contribution is 1.03. The van der Waals surface area contributed by atoms with Crippen LogP contribution in [0.3, 0.4) is 0 Å². The molecule has 1 aliphatic heterocycles. The van der Waals surface area contributed by atoms with Crippen molar-refractivity contribution in [2.45, 2.75) is 6.92 Å². The minimum absolute atomic E-state index is 1.16. The zero-order valence-corrected chi connectivity index (χ0v) is 27.9. The fourth-order valence-electron chi connectivity index (χ4n) is 7.38. The Morgan fingerprint density at radius 1 is 0.520 bits per heavy atom. The summed E-state index contributed by atoms with van der Waals surface area (Å²) in [6.07, 6.45) is 6.71. The van der Waals surface area contributed by atoms with Crippen LogP contribution in [0.2, 0.25) is 0 Å². The quantitative estimate of drug-likeness (QED) is 0.121. The van der Waals surface area contributed by atoms with Crippen molar-refractivity contribution < 1.29 is 0 Å². The van der Waals surface area contributed by atoms with Crippen LogP contribution in [0.15, 0.2) is 194 Å². The smallest absolute Gasteiger partial charge is 0.226 e. The van der Waals surface area contributed by atoms with Gasteiger partial charge in [-0.1, -0.05) is 121 Å². The molecule has 2 nitrogen and oxygen atoms in total. The molecule has 1 aromatic heterocycles. The van der Waals surface area contributed by atoms with Gasteiger partial charge in [0.25, 0.3) is 0 Å². The molecule has 0 saturated heterocycles. The van der Waals surface area contributed by atoms with Gasteiger partial charge in [-0.15, -0.1) is 0 Å². The molecule has 0 unspecified atom stereocenters. The molecule has 7 aromatic carbocycles. The number of benzene rings is 7. The van der Waals surface area contributed by atoms with Gasteiger partial charge in [0.05, 0.1) is 11.0 Å². The predicted molar refractivity (Wildman–Crippen MR) is 213 cm³/mol. The van der Waals surface area contributed by atoms with Gasteiger partial charge in [-0.25, -0.2) is 0 Å². The topological polar surface area (TPSA) is 7.94 Å². The molecule has 0 amide bonds. The second-order valence-electron chi connectivity index (χ2n) is 12.8. The van der Waals surface area contributed by atoms with Gasteiger partial charge in [0.15, 0.2) is 0 Å². The first-order valence-corrected chi connectivity index (χ1v) is 17.2. The summed E-state index contributed by atoms with van der Waals surface area (Å²) in [5, 5.41) is 2.49. The number of para-hydroxylation sites is 2. The van der Waals surface area contributed by atoms with Gasteiger partial charge < -0.3 is 4.57 Å². The van der Waals surface area contributed by atoms with Crippen molar-refractivity contribution in [3.8, 4) is 27.9 Å². The van der Waals surface area contributed by atoms with Gasteiger partial charge in [0.2, 0.25) is 17.1 Å². The van der Waals surface area contributed by atoms with Gasteiger partial charge in [0, 0.05) is 40.7 Å². The maximum atomic E-state index is 2.40. The zero-order chi connectivity index (χ0) is 33.4. The standard InChI is InChI=1S/C48H35N2/c1-2-14-37(33-48-43-22-10-12-24-46(43)49(48)40-28-25-36(26-29-40)34-15-5-3-6-16-34)39-27-30-47-44(32-39)42-21-9-11-23-45(42)50(47)41-20-13-19-38(31-41)35-17-7-4-8-18-35/h2-33H,1H3/q+1/b14-2-. The molecular formula is C48H35N2+. The van der Waals surface area contributed by atoms with Crippen LogP contribution >= 0.6 is 0 Å². The van der Waals surface area contributed by atoms with E-state index >= 15 is 0 Å². The third kappa shape index (κ3) is 5.10. The summed E-state index contributed by atoms with van der Waals surface area (Å²) < 4.78 is 4.77. The van der Waals surface area contributed by atoms with E-state index < -0.39 is 0 Å². The van der Waals surface area contributed by atoms with Crippen LogP contribution in [0.5, 0.6) is 0 Å². The number of rotatable bonds is 7. The molecule has 0 radical (unpaired) electrons. The van der Waals surface area contributed by atoms with E-state index in [1.807, 2.05) is 0 Å². The molecule has 0 saturated carbocycles. The summed E-state index contributed by atoms with van der Waals surface area (Å²) in [6, 6.07) is 63.3. The minimum atomic E-state index is 1.16. The van der Waals surface area contributed by atoms with Crippen LogP contribution in [0.4, 0.5) is 11.4 Å². The van der Waals surface area contributed by atoms with E-state index in [1.165, 1.54) is 72.2 Å². The van der Waals surface area contributed by atoms with Crippen LogP contribution in [0.25, 0.3) is 55.3 Å². The summed E-state index contributed by atoms with van der Waals surface area (Å²) in [6.45, 7) is 2.09. The molecule has 0 N–H and O–H groups in total. The molecule has 0 bridgehead atoms. The number of hydrogen-bond acceptors (Lipinski definition) is 0.